The Hall–Kier alpha value is -2.29. The minimum Gasteiger partial charge on any atom is -0.496 e. The number of para-hydroxylation sites is 1. The highest BCUT2D eigenvalue weighted by Gasteiger charge is 2.30. The van der Waals surface area contributed by atoms with Gasteiger partial charge in [-0.15, -0.1) is 0 Å². The van der Waals surface area contributed by atoms with Crippen molar-refractivity contribution in [2.45, 2.75) is 32.2 Å². The topological polar surface area (TPSA) is 29.5 Å². The lowest BCUT2D eigenvalue weighted by Crippen LogP contribution is -2.32. The van der Waals surface area contributed by atoms with Crippen molar-refractivity contribution in [1.82, 2.24) is 4.90 Å². The van der Waals surface area contributed by atoms with Crippen LogP contribution in [0.4, 0.5) is 0 Å². The number of rotatable bonds is 4. The monoisotopic (exact) mass is 309 g/mol. The Bertz CT molecular complexity index is 696. The average Bonchev–Trinajstić information content (AvgIpc) is 3.05. The van der Waals surface area contributed by atoms with E-state index in [1.807, 2.05) is 29.2 Å². The molecule has 3 heteroatoms. The summed E-state index contributed by atoms with van der Waals surface area (Å²) in [6.45, 7) is 2.94. The number of hydrogen-bond donors (Lipinski definition) is 0. The number of aryl methyl sites for hydroxylation is 1. The average molecular weight is 309 g/mol. The van der Waals surface area contributed by atoms with Crippen LogP contribution >= 0.6 is 0 Å². The third kappa shape index (κ3) is 3.39. The van der Waals surface area contributed by atoms with E-state index in [9.17, 15) is 4.79 Å². The first-order chi connectivity index (χ1) is 11.2. The first-order valence-electron chi connectivity index (χ1n) is 8.17. The fraction of sp³-hybridized carbons (Fsp3) is 0.350. The van der Waals surface area contributed by atoms with Crippen molar-refractivity contribution in [3.8, 4) is 5.75 Å². The van der Waals surface area contributed by atoms with Crippen molar-refractivity contribution >= 4 is 5.91 Å². The quantitative estimate of drug-likeness (QED) is 0.857. The zero-order chi connectivity index (χ0) is 16.2. The number of carbonyl (C=O) groups is 1. The van der Waals surface area contributed by atoms with E-state index >= 15 is 0 Å². The maximum Gasteiger partial charge on any atom is 0.227 e. The normalized spacial score (nSPS) is 17.3. The largest absolute Gasteiger partial charge is 0.496 e. The maximum absolute atomic E-state index is 12.8. The van der Waals surface area contributed by atoms with Crippen molar-refractivity contribution in [2.75, 3.05) is 13.7 Å². The molecule has 1 amide bonds. The number of methoxy groups -OCH3 is 1. The van der Waals surface area contributed by atoms with E-state index in [4.69, 9.17) is 4.74 Å². The Morgan fingerprint density at radius 2 is 2.04 bits per heavy atom. The van der Waals surface area contributed by atoms with E-state index in [0.29, 0.717) is 6.42 Å². The van der Waals surface area contributed by atoms with Gasteiger partial charge in [-0.05, 0) is 31.4 Å². The molecule has 0 spiro atoms. The molecule has 1 heterocycles. The summed E-state index contributed by atoms with van der Waals surface area (Å²) in [7, 11) is 1.65. The molecule has 3 nitrogen and oxygen atoms in total. The van der Waals surface area contributed by atoms with Crippen LogP contribution in [0.5, 0.6) is 5.75 Å². The Labute approximate surface area is 137 Å². The number of nitrogens with zero attached hydrogens (tertiary/aromatic N) is 1. The summed E-state index contributed by atoms with van der Waals surface area (Å²) >= 11 is 0. The number of benzene rings is 2. The van der Waals surface area contributed by atoms with Gasteiger partial charge in [-0.25, -0.2) is 0 Å². The van der Waals surface area contributed by atoms with Crippen LogP contribution in [0.3, 0.4) is 0 Å². The molecule has 0 aromatic heterocycles. The van der Waals surface area contributed by atoms with Gasteiger partial charge in [0.05, 0.1) is 19.6 Å². The molecular weight excluding hydrogens is 286 g/mol. The number of carbonyl (C=O) groups excluding carboxylic acids is 1. The van der Waals surface area contributed by atoms with Crippen LogP contribution in [-0.4, -0.2) is 24.5 Å². The summed E-state index contributed by atoms with van der Waals surface area (Å²) in [5.41, 5.74) is 3.44. The van der Waals surface area contributed by atoms with Crippen LogP contribution in [0.15, 0.2) is 48.5 Å². The van der Waals surface area contributed by atoms with Gasteiger partial charge < -0.3 is 9.64 Å². The fourth-order valence-electron chi connectivity index (χ4n) is 3.40. The Balaban J connectivity index is 1.78. The lowest BCUT2D eigenvalue weighted by Gasteiger charge is -2.26. The molecule has 3 rings (SSSR count). The van der Waals surface area contributed by atoms with Crippen LogP contribution in [-0.2, 0) is 11.2 Å². The molecule has 23 heavy (non-hydrogen) atoms. The van der Waals surface area contributed by atoms with E-state index < -0.39 is 0 Å². The fourth-order valence-corrected chi connectivity index (χ4v) is 3.40. The van der Waals surface area contributed by atoms with Gasteiger partial charge in [-0.2, -0.15) is 0 Å². The molecule has 1 atom stereocenters. The van der Waals surface area contributed by atoms with Gasteiger partial charge in [-0.1, -0.05) is 48.0 Å². The lowest BCUT2D eigenvalue weighted by molar-refractivity contribution is -0.131. The second-order valence-electron chi connectivity index (χ2n) is 6.15. The molecule has 1 fully saturated rings. The molecule has 120 valence electrons. The van der Waals surface area contributed by atoms with Crippen LogP contribution < -0.4 is 4.74 Å². The Kier molecular flexibility index (Phi) is 4.65. The minimum absolute atomic E-state index is 0.179. The third-order valence-corrected chi connectivity index (χ3v) is 4.53. The van der Waals surface area contributed by atoms with E-state index in [1.165, 1.54) is 11.1 Å². The molecule has 2 aromatic rings. The van der Waals surface area contributed by atoms with Crippen molar-refractivity contribution in [1.29, 1.82) is 0 Å². The van der Waals surface area contributed by atoms with Gasteiger partial charge in [0.25, 0.3) is 0 Å². The highest BCUT2D eigenvalue weighted by Crippen LogP contribution is 2.33. The highest BCUT2D eigenvalue weighted by molar-refractivity contribution is 5.80. The van der Waals surface area contributed by atoms with Crippen molar-refractivity contribution < 1.29 is 9.53 Å². The molecule has 0 bridgehead atoms. The molecule has 2 aromatic carbocycles. The first kappa shape index (κ1) is 15.6. The van der Waals surface area contributed by atoms with E-state index in [1.54, 1.807) is 7.11 Å². The number of ether oxygens (including phenoxy) is 1. The smallest absolute Gasteiger partial charge is 0.227 e. The predicted molar refractivity (Wildman–Crippen MR) is 91.6 cm³/mol. The predicted octanol–water partition coefficient (Wildman–Crippen LogP) is 3.91. The van der Waals surface area contributed by atoms with Crippen molar-refractivity contribution in [3.05, 3.63) is 65.2 Å². The van der Waals surface area contributed by atoms with Crippen LogP contribution in [0.2, 0.25) is 0 Å². The molecule has 0 saturated carbocycles. The van der Waals surface area contributed by atoms with Gasteiger partial charge in [0.2, 0.25) is 5.91 Å². The summed E-state index contributed by atoms with van der Waals surface area (Å²) in [5.74, 6) is 0.964. The molecule has 1 saturated heterocycles. The summed E-state index contributed by atoms with van der Waals surface area (Å²) < 4.78 is 5.37. The summed E-state index contributed by atoms with van der Waals surface area (Å²) in [4.78, 5) is 14.9. The van der Waals surface area contributed by atoms with Gasteiger partial charge in [0.15, 0.2) is 0 Å². The highest BCUT2D eigenvalue weighted by atomic mass is 16.5. The number of likely N-dealkylation sites (tertiary alicyclic amines) is 1. The maximum atomic E-state index is 12.8. The zero-order valence-corrected chi connectivity index (χ0v) is 13.8. The molecule has 0 aliphatic carbocycles. The third-order valence-electron chi connectivity index (χ3n) is 4.53. The SMILES string of the molecule is COc1ccccc1CC(=O)N1CCC[C@H]1c1cccc(C)c1. The number of amides is 1. The zero-order valence-electron chi connectivity index (χ0n) is 13.8. The molecule has 0 N–H and O–H groups in total. The van der Waals surface area contributed by atoms with Crippen LogP contribution in [0.1, 0.15) is 35.6 Å². The molecule has 0 radical (unpaired) electrons. The summed E-state index contributed by atoms with van der Waals surface area (Å²) in [5, 5.41) is 0. The number of hydrogen-bond acceptors (Lipinski definition) is 2. The van der Waals surface area contributed by atoms with Gasteiger partial charge >= 0.3 is 0 Å². The van der Waals surface area contributed by atoms with Gasteiger partial charge in [0.1, 0.15) is 5.75 Å². The van der Waals surface area contributed by atoms with Gasteiger partial charge in [0, 0.05) is 12.1 Å². The minimum atomic E-state index is 0.179. The van der Waals surface area contributed by atoms with E-state index in [2.05, 4.69) is 31.2 Å². The Morgan fingerprint density at radius 1 is 1.22 bits per heavy atom. The Morgan fingerprint density at radius 3 is 2.83 bits per heavy atom. The first-order valence-corrected chi connectivity index (χ1v) is 8.17. The molecular formula is C20H23NO2. The van der Waals surface area contributed by atoms with Crippen molar-refractivity contribution in [2.24, 2.45) is 0 Å². The second kappa shape index (κ2) is 6.86. The lowest BCUT2D eigenvalue weighted by atomic mass is 10.0. The van der Waals surface area contributed by atoms with Crippen LogP contribution in [0, 0.1) is 6.92 Å². The molecule has 1 aliphatic rings. The van der Waals surface area contributed by atoms with Gasteiger partial charge in [-0.3, -0.25) is 4.79 Å². The summed E-state index contributed by atoms with van der Waals surface area (Å²) in [6.07, 6.45) is 2.50. The standard InChI is InChI=1S/C20H23NO2/c1-15-7-5-9-16(13-15)18-10-6-12-21(18)20(22)14-17-8-3-4-11-19(17)23-2/h3-5,7-9,11,13,18H,6,10,12,14H2,1-2H3/t18-/m0/s1. The molecule has 1 aliphatic heterocycles. The van der Waals surface area contributed by atoms with E-state index in [0.717, 1.165) is 30.7 Å². The van der Waals surface area contributed by atoms with Crippen molar-refractivity contribution in [3.63, 3.8) is 0 Å². The molecule has 0 unspecified atom stereocenters. The van der Waals surface area contributed by atoms with Crippen LogP contribution in [0.25, 0.3) is 0 Å². The summed E-state index contributed by atoms with van der Waals surface area (Å²) in [6, 6.07) is 16.5. The van der Waals surface area contributed by atoms with E-state index in [-0.39, 0.29) is 11.9 Å². The second-order valence-corrected chi connectivity index (χ2v) is 6.15.